The number of hydrogen-bond acceptors (Lipinski definition) is 8. The Balaban J connectivity index is 1.29. The molecular weight excluding hydrogens is 498 g/mol. The Labute approximate surface area is 218 Å². The predicted molar refractivity (Wildman–Crippen MR) is 137 cm³/mol. The van der Waals surface area contributed by atoms with Gasteiger partial charge < -0.3 is 15.8 Å². The van der Waals surface area contributed by atoms with Gasteiger partial charge in [0.25, 0.3) is 5.91 Å². The standard InChI is InChI=1S/C26H28F2N6O2S/c1-15(2)36-25-18(11-29)21(30)10-22(33-25)24(35)31-12-16-6-8-34(9-7-16)14-17-13-32-26(37-17)23-19(27)4-3-5-20(23)28/h3-5,10,13,15-16H,6-9,12,14H2,1-2H3,(H2,30,33)(H,31,35). The van der Waals surface area contributed by atoms with Gasteiger partial charge in [-0.3, -0.25) is 9.69 Å². The van der Waals surface area contributed by atoms with Crippen molar-refractivity contribution in [2.75, 3.05) is 25.4 Å². The van der Waals surface area contributed by atoms with Crippen LogP contribution in [-0.2, 0) is 6.54 Å². The smallest absolute Gasteiger partial charge is 0.270 e. The van der Waals surface area contributed by atoms with Crippen molar-refractivity contribution in [2.45, 2.75) is 39.3 Å². The first-order valence-corrected chi connectivity index (χ1v) is 12.8. The number of carbonyl (C=O) groups excluding carboxylic acids is 1. The van der Waals surface area contributed by atoms with Gasteiger partial charge in [-0.1, -0.05) is 6.07 Å². The lowest BCUT2D eigenvalue weighted by atomic mass is 9.96. The number of rotatable bonds is 8. The Morgan fingerprint density at radius 1 is 1.32 bits per heavy atom. The van der Waals surface area contributed by atoms with E-state index in [9.17, 15) is 18.8 Å². The minimum atomic E-state index is -0.619. The minimum absolute atomic E-state index is 0.0555. The number of pyridine rings is 1. The number of nitrogens with zero attached hydrogens (tertiary/aromatic N) is 4. The van der Waals surface area contributed by atoms with Gasteiger partial charge in [-0.15, -0.1) is 11.3 Å². The van der Waals surface area contributed by atoms with E-state index >= 15 is 0 Å². The van der Waals surface area contributed by atoms with E-state index in [1.165, 1.54) is 35.6 Å². The molecule has 8 nitrogen and oxygen atoms in total. The monoisotopic (exact) mass is 526 g/mol. The molecular formula is C26H28F2N6O2S. The number of amides is 1. The number of nitrogens with two attached hydrogens (primary N) is 1. The Bertz CT molecular complexity index is 1290. The topological polar surface area (TPSA) is 117 Å². The number of ether oxygens (including phenoxy) is 1. The molecule has 0 saturated carbocycles. The van der Waals surface area contributed by atoms with Crippen LogP contribution in [0.25, 0.3) is 10.6 Å². The second-order valence-electron chi connectivity index (χ2n) is 9.21. The van der Waals surface area contributed by atoms with Crippen molar-refractivity contribution in [1.82, 2.24) is 20.2 Å². The zero-order chi connectivity index (χ0) is 26.5. The van der Waals surface area contributed by atoms with Crippen molar-refractivity contribution in [1.29, 1.82) is 5.26 Å². The molecule has 0 bridgehead atoms. The number of nitriles is 1. The average Bonchev–Trinajstić information content (AvgIpc) is 3.30. The summed E-state index contributed by atoms with van der Waals surface area (Å²) < 4.78 is 33.7. The molecule has 2 aromatic heterocycles. The number of benzene rings is 1. The third-order valence-corrected chi connectivity index (χ3v) is 7.08. The fourth-order valence-corrected chi connectivity index (χ4v) is 5.18. The lowest BCUT2D eigenvalue weighted by Crippen LogP contribution is -2.38. The van der Waals surface area contributed by atoms with Gasteiger partial charge in [0.05, 0.1) is 17.4 Å². The van der Waals surface area contributed by atoms with E-state index in [-0.39, 0.29) is 40.4 Å². The fourth-order valence-electron chi connectivity index (χ4n) is 4.17. The number of nitrogens with one attached hydrogen (secondary N) is 1. The van der Waals surface area contributed by atoms with Gasteiger partial charge in [0.1, 0.15) is 34.0 Å². The number of halogens is 2. The number of likely N-dealkylation sites (tertiary alicyclic amines) is 1. The number of hydrogen-bond donors (Lipinski definition) is 2. The van der Waals surface area contributed by atoms with E-state index in [4.69, 9.17) is 10.5 Å². The van der Waals surface area contributed by atoms with Gasteiger partial charge >= 0.3 is 0 Å². The van der Waals surface area contributed by atoms with Crippen LogP contribution in [0, 0.1) is 28.9 Å². The Hall–Kier alpha value is -3.62. The molecule has 37 heavy (non-hydrogen) atoms. The van der Waals surface area contributed by atoms with Crippen LogP contribution >= 0.6 is 11.3 Å². The molecule has 3 N–H and O–H groups in total. The molecule has 1 amide bonds. The highest BCUT2D eigenvalue weighted by molar-refractivity contribution is 7.15. The van der Waals surface area contributed by atoms with Crippen molar-refractivity contribution in [3.63, 3.8) is 0 Å². The summed E-state index contributed by atoms with van der Waals surface area (Å²) in [7, 11) is 0. The van der Waals surface area contributed by atoms with Crippen LogP contribution in [-0.4, -0.2) is 46.5 Å². The third kappa shape index (κ3) is 6.39. The summed E-state index contributed by atoms with van der Waals surface area (Å²) in [4.78, 5) is 24.4. The molecule has 0 unspecified atom stereocenters. The molecule has 3 heterocycles. The number of piperidine rings is 1. The van der Waals surface area contributed by atoms with Crippen molar-refractivity contribution in [2.24, 2.45) is 5.92 Å². The summed E-state index contributed by atoms with van der Waals surface area (Å²) in [5.74, 6) is -1.26. The first kappa shape index (κ1) is 26.4. The van der Waals surface area contributed by atoms with Crippen LogP contribution in [0.3, 0.4) is 0 Å². The van der Waals surface area contributed by atoms with E-state index in [0.29, 0.717) is 24.0 Å². The Morgan fingerprint density at radius 2 is 2.03 bits per heavy atom. The molecule has 3 aromatic rings. The number of nitrogen functional groups attached to an aromatic ring is 1. The number of thiazole rings is 1. The first-order valence-electron chi connectivity index (χ1n) is 12.0. The molecule has 0 spiro atoms. The van der Waals surface area contributed by atoms with E-state index < -0.39 is 11.6 Å². The molecule has 194 valence electrons. The summed E-state index contributed by atoms with van der Waals surface area (Å²) in [6, 6.07) is 7.16. The maximum absolute atomic E-state index is 14.1. The largest absolute Gasteiger partial charge is 0.474 e. The number of carbonyl (C=O) groups is 1. The zero-order valence-corrected chi connectivity index (χ0v) is 21.4. The summed E-state index contributed by atoms with van der Waals surface area (Å²) >= 11 is 1.29. The van der Waals surface area contributed by atoms with Crippen molar-refractivity contribution in [3.8, 4) is 22.5 Å². The first-order chi connectivity index (χ1) is 17.7. The van der Waals surface area contributed by atoms with Gasteiger partial charge in [-0.25, -0.2) is 18.7 Å². The molecule has 1 aliphatic heterocycles. The second kappa shape index (κ2) is 11.6. The molecule has 1 aliphatic rings. The van der Waals surface area contributed by atoms with Crippen molar-refractivity contribution >= 4 is 22.9 Å². The van der Waals surface area contributed by atoms with E-state index in [2.05, 4.69) is 20.2 Å². The highest BCUT2D eigenvalue weighted by Crippen LogP contribution is 2.31. The highest BCUT2D eigenvalue weighted by atomic mass is 32.1. The van der Waals surface area contributed by atoms with Gasteiger partial charge in [-0.05, 0) is 63.9 Å². The van der Waals surface area contributed by atoms with Gasteiger partial charge in [0.2, 0.25) is 5.88 Å². The molecule has 1 saturated heterocycles. The van der Waals surface area contributed by atoms with Gasteiger partial charge in [-0.2, -0.15) is 5.26 Å². The Morgan fingerprint density at radius 3 is 2.68 bits per heavy atom. The highest BCUT2D eigenvalue weighted by Gasteiger charge is 2.23. The summed E-state index contributed by atoms with van der Waals surface area (Å²) in [6.07, 6.45) is 3.22. The molecule has 0 atom stereocenters. The molecule has 1 aromatic carbocycles. The average molecular weight is 527 g/mol. The van der Waals surface area contributed by atoms with Crippen LogP contribution < -0.4 is 15.8 Å². The lowest BCUT2D eigenvalue weighted by molar-refractivity contribution is 0.0928. The van der Waals surface area contributed by atoms with E-state index in [0.717, 1.165) is 30.8 Å². The van der Waals surface area contributed by atoms with Crippen LogP contribution in [0.5, 0.6) is 5.88 Å². The molecule has 0 aliphatic carbocycles. The number of anilines is 1. The molecule has 1 fully saturated rings. The number of aromatic nitrogens is 2. The third-order valence-electron chi connectivity index (χ3n) is 6.08. The minimum Gasteiger partial charge on any atom is -0.474 e. The maximum Gasteiger partial charge on any atom is 0.270 e. The maximum atomic E-state index is 14.1. The van der Waals surface area contributed by atoms with Crippen LogP contribution in [0.1, 0.15) is 47.6 Å². The van der Waals surface area contributed by atoms with Crippen LogP contribution in [0.15, 0.2) is 30.5 Å². The summed E-state index contributed by atoms with van der Waals surface area (Å²) in [5.41, 5.74) is 6.23. The second-order valence-corrected chi connectivity index (χ2v) is 10.3. The Kier molecular flexibility index (Phi) is 8.31. The quantitative estimate of drug-likeness (QED) is 0.448. The van der Waals surface area contributed by atoms with E-state index in [1.54, 1.807) is 20.0 Å². The van der Waals surface area contributed by atoms with Crippen molar-refractivity contribution < 1.29 is 18.3 Å². The van der Waals surface area contributed by atoms with E-state index in [1.807, 2.05) is 6.07 Å². The summed E-state index contributed by atoms with van der Waals surface area (Å²) in [6.45, 7) is 6.40. The van der Waals surface area contributed by atoms with Gasteiger partial charge in [0, 0.05) is 24.2 Å². The SMILES string of the molecule is CC(C)Oc1nc(C(=O)NCC2CCN(Cc3cnc(-c4c(F)cccc4F)s3)CC2)cc(N)c1C#N. The van der Waals surface area contributed by atoms with Crippen LogP contribution in [0.4, 0.5) is 14.5 Å². The molecule has 11 heteroatoms. The predicted octanol–water partition coefficient (Wildman–Crippen LogP) is 4.37. The fraction of sp³-hybridized carbons (Fsp3) is 0.385. The van der Waals surface area contributed by atoms with Crippen LogP contribution in [0.2, 0.25) is 0 Å². The van der Waals surface area contributed by atoms with Crippen molar-refractivity contribution in [3.05, 3.63) is 58.2 Å². The van der Waals surface area contributed by atoms with Gasteiger partial charge in [0.15, 0.2) is 0 Å². The lowest BCUT2D eigenvalue weighted by Gasteiger charge is -2.31. The zero-order valence-electron chi connectivity index (χ0n) is 20.6. The summed E-state index contributed by atoms with van der Waals surface area (Å²) in [5, 5.41) is 12.6. The molecule has 4 rings (SSSR count). The molecule has 0 radical (unpaired) electrons. The normalized spacial score (nSPS) is 14.5.